The van der Waals surface area contributed by atoms with Crippen LogP contribution in [-0.2, 0) is 46.3 Å². The van der Waals surface area contributed by atoms with Gasteiger partial charge in [0.2, 0.25) is 0 Å². The van der Waals surface area contributed by atoms with Crippen molar-refractivity contribution in [3.63, 3.8) is 0 Å². The number of benzene rings is 1. The first-order chi connectivity index (χ1) is 8.95. The maximum Gasteiger partial charge on any atom is 2.00 e. The third kappa shape index (κ3) is 8.86. The molecule has 1 aromatic carbocycles. The van der Waals surface area contributed by atoms with Crippen LogP contribution in [0.25, 0.3) is 21.8 Å². The van der Waals surface area contributed by atoms with Gasteiger partial charge in [-0.05, 0) is 12.1 Å². The zero-order valence-electron chi connectivity index (χ0n) is 12.5. The van der Waals surface area contributed by atoms with E-state index in [1.54, 1.807) is 12.4 Å². The summed E-state index contributed by atoms with van der Waals surface area (Å²) in [5, 5.41) is 2.28. The molecule has 11 N–H and O–H groups in total. The second-order valence-corrected chi connectivity index (χ2v) is 4.44. The zero-order valence-corrected chi connectivity index (χ0v) is 16.3. The molecule has 2 aromatic heterocycles. The summed E-state index contributed by atoms with van der Waals surface area (Å²) in [5.74, 6) is 0. The van der Waals surface area contributed by atoms with E-state index in [0.717, 1.165) is 21.8 Å². The molecule has 24 heavy (non-hydrogen) atoms. The molecule has 0 bridgehead atoms. The fourth-order valence-corrected chi connectivity index (χ4v) is 1.68. The third-order valence-corrected chi connectivity index (χ3v) is 2.34. The standard InChI is InChI=1S/C12H8N2.H2O4S.4H2O.Zn/c1-3-9-5-6-10-4-2-8-14-12(10)11(9)13-7-1;1-5(2,3)4;;;;;/h1-8H;(H2,1,2,3,4);4*1H2;/q;;;;;;+2/p+1. The molecule has 0 radical (unpaired) electrons. The molecule has 10 nitrogen and oxygen atoms in total. The maximum absolute atomic E-state index is 8.52. The average Bonchev–Trinajstić information content (AvgIpc) is 2.37. The largest absolute Gasteiger partial charge is 2.00 e. The normalized spacial score (nSPS) is 8.75. The van der Waals surface area contributed by atoms with Gasteiger partial charge in [-0.25, -0.2) is 0 Å². The van der Waals surface area contributed by atoms with E-state index in [2.05, 4.69) is 34.2 Å². The molecule has 0 aliphatic carbocycles. The van der Waals surface area contributed by atoms with Crippen LogP contribution in [-0.4, -0.2) is 33.0 Å². The summed E-state index contributed by atoms with van der Waals surface area (Å²) in [6.07, 6.45) is 3.60. The molecule has 0 saturated carbocycles. The van der Waals surface area contributed by atoms with Gasteiger partial charge < -0.3 is 31.0 Å². The second-order valence-electron chi connectivity index (χ2n) is 3.62. The van der Waals surface area contributed by atoms with E-state index in [4.69, 9.17) is 17.5 Å². The molecule has 0 fully saturated rings. The van der Waals surface area contributed by atoms with Crippen LogP contribution >= 0.6 is 0 Å². The van der Waals surface area contributed by atoms with Crippen molar-refractivity contribution < 1.29 is 58.9 Å². The van der Waals surface area contributed by atoms with Gasteiger partial charge in [0.1, 0.15) is 0 Å². The van der Waals surface area contributed by atoms with Gasteiger partial charge in [-0.3, -0.25) is 18.4 Å². The van der Waals surface area contributed by atoms with Crippen LogP contribution in [0.15, 0.2) is 48.8 Å². The van der Waals surface area contributed by atoms with Gasteiger partial charge in [0.15, 0.2) is 0 Å². The first-order valence-electron chi connectivity index (χ1n) is 5.20. The van der Waals surface area contributed by atoms with Crippen LogP contribution in [0.5, 0.6) is 0 Å². The summed E-state index contributed by atoms with van der Waals surface area (Å²) in [4.78, 5) is 8.69. The van der Waals surface area contributed by atoms with Crippen LogP contribution in [0, 0.1) is 0 Å². The fraction of sp³-hybridized carbons (Fsp3) is 0. The molecule has 0 unspecified atom stereocenters. The van der Waals surface area contributed by atoms with Gasteiger partial charge in [0.25, 0.3) is 0 Å². The molecule has 0 aliphatic rings. The molecule has 3 rings (SSSR count). The predicted molar refractivity (Wildman–Crippen MR) is 85.7 cm³/mol. The number of hydrogen-bond donors (Lipinski definition) is 0. The number of rotatable bonds is 0. The molecule has 0 spiro atoms. The number of aromatic nitrogens is 2. The maximum atomic E-state index is 8.52. The Kier molecular flexibility index (Phi) is 16.1. The Labute approximate surface area is 150 Å². The van der Waals surface area contributed by atoms with Crippen molar-refractivity contribution in [1.29, 1.82) is 0 Å². The first-order valence-corrected chi connectivity index (χ1v) is 6.53. The average molecular weight is 417 g/mol. The van der Waals surface area contributed by atoms with Crippen LogP contribution in [0.3, 0.4) is 0 Å². The Morgan fingerprint density at radius 1 is 0.750 bits per heavy atom. The summed E-state index contributed by atoms with van der Waals surface area (Å²) in [7, 11) is -5.17. The summed E-state index contributed by atoms with van der Waals surface area (Å²) in [5.41, 5.74) is 1.95. The summed E-state index contributed by atoms with van der Waals surface area (Å²) < 4.78 is 34.1. The predicted octanol–water partition coefficient (Wildman–Crippen LogP) is -2.15. The van der Waals surface area contributed by atoms with E-state index in [1.165, 1.54) is 0 Å². The summed E-state index contributed by atoms with van der Waals surface area (Å²) in [6.45, 7) is 0. The van der Waals surface area contributed by atoms with Gasteiger partial charge in [-0.1, -0.05) is 24.3 Å². The number of nitrogens with zero attached hydrogens (tertiary/aromatic N) is 2. The van der Waals surface area contributed by atoms with Crippen LogP contribution in [0.4, 0.5) is 0 Å². The minimum absolute atomic E-state index is 0. The number of pyridine rings is 2. The molecule has 0 amide bonds. The van der Waals surface area contributed by atoms with E-state index < -0.39 is 10.4 Å². The monoisotopic (exact) mass is 415 g/mol. The SMILES string of the molecule is O.O=S(=O)([O-])[O-].[OH3+].[OH3+].[OH3+].[Zn+2].c1cnc2c(c1)ccc1cccnc12. The van der Waals surface area contributed by atoms with Crippen molar-refractivity contribution >= 4 is 32.2 Å². The Hall–Kier alpha value is -1.63. The van der Waals surface area contributed by atoms with Crippen LogP contribution < -0.4 is 0 Å². The van der Waals surface area contributed by atoms with Crippen LogP contribution in [0.1, 0.15) is 0 Å². The van der Waals surface area contributed by atoms with Crippen LogP contribution in [0.2, 0.25) is 0 Å². The van der Waals surface area contributed by atoms with Gasteiger partial charge in [0, 0.05) is 33.6 Å². The van der Waals surface area contributed by atoms with Crippen molar-refractivity contribution in [2.45, 2.75) is 0 Å². The smallest absolute Gasteiger partial charge is 0.759 e. The molecule has 12 heteroatoms. The summed E-state index contributed by atoms with van der Waals surface area (Å²) in [6, 6.07) is 12.1. The number of fused-ring (bicyclic) bond motifs is 3. The topological polar surface area (TPSA) is 237 Å². The van der Waals surface area contributed by atoms with Gasteiger partial charge >= 0.3 is 19.5 Å². The van der Waals surface area contributed by atoms with Gasteiger partial charge in [-0.2, -0.15) is 0 Å². The Morgan fingerprint density at radius 3 is 1.33 bits per heavy atom. The van der Waals surface area contributed by atoms with Crippen molar-refractivity contribution in [2.24, 2.45) is 0 Å². The molecule has 0 aliphatic heterocycles. The molecule has 3 aromatic rings. The van der Waals surface area contributed by atoms with Crippen molar-refractivity contribution in [1.82, 2.24) is 9.97 Å². The number of hydrogen-bond acceptors (Lipinski definition) is 6. The Balaban J connectivity index is -0.000000181. The van der Waals surface area contributed by atoms with Crippen molar-refractivity contribution in [3.05, 3.63) is 48.8 Å². The fourth-order valence-electron chi connectivity index (χ4n) is 1.68. The molecule has 0 saturated heterocycles. The molecular weight excluding hydrogens is 398 g/mol. The molecule has 0 atom stereocenters. The minimum Gasteiger partial charge on any atom is -0.759 e. The molecule has 2 heterocycles. The van der Waals surface area contributed by atoms with Gasteiger partial charge in [0.05, 0.1) is 11.0 Å². The molecular formula is C12H19N2O8SZn+3. The van der Waals surface area contributed by atoms with Crippen molar-refractivity contribution in [3.8, 4) is 0 Å². The zero-order chi connectivity index (χ0) is 13.9. The quantitative estimate of drug-likeness (QED) is 0.130. The first kappa shape index (κ1) is 30.3. The van der Waals surface area contributed by atoms with E-state index in [0.29, 0.717) is 0 Å². The third-order valence-electron chi connectivity index (χ3n) is 2.34. The molecule has 130 valence electrons. The van der Waals surface area contributed by atoms with Crippen molar-refractivity contribution in [2.75, 3.05) is 0 Å². The Morgan fingerprint density at radius 2 is 1.04 bits per heavy atom. The summed E-state index contributed by atoms with van der Waals surface area (Å²) >= 11 is 0. The van der Waals surface area contributed by atoms with E-state index in [9.17, 15) is 0 Å². The second kappa shape index (κ2) is 12.8. The van der Waals surface area contributed by atoms with E-state index >= 15 is 0 Å². The van der Waals surface area contributed by atoms with E-state index in [1.807, 2.05) is 12.1 Å². The van der Waals surface area contributed by atoms with Gasteiger partial charge in [-0.15, -0.1) is 0 Å². The van der Waals surface area contributed by atoms with E-state index in [-0.39, 0.29) is 41.4 Å². The minimum atomic E-state index is -5.17. The Bertz CT molecular complexity index is 769.